The number of benzene rings is 1. The van der Waals surface area contributed by atoms with Crippen molar-refractivity contribution in [1.82, 2.24) is 9.97 Å². The molecular formula is C14H15N3O. The smallest absolute Gasteiger partial charge is 0.192 e. The predicted octanol–water partition coefficient (Wildman–Crippen LogP) is 3.51. The molecule has 18 heavy (non-hydrogen) atoms. The first-order valence-corrected chi connectivity index (χ1v) is 6.19. The molecule has 0 saturated heterocycles. The second kappa shape index (κ2) is 4.29. The second-order valence-electron chi connectivity index (χ2n) is 4.31. The van der Waals surface area contributed by atoms with Crippen LogP contribution in [0.1, 0.15) is 19.2 Å². The molecule has 0 atom stereocenters. The number of aromatic nitrogens is 2. The molecule has 92 valence electrons. The van der Waals surface area contributed by atoms with E-state index in [1.807, 2.05) is 31.2 Å². The lowest BCUT2D eigenvalue weighted by molar-refractivity contribution is 0.563. The number of para-hydroxylation sites is 1. The molecule has 0 spiro atoms. The first-order chi connectivity index (χ1) is 8.79. The third kappa shape index (κ3) is 1.70. The zero-order valence-corrected chi connectivity index (χ0v) is 10.5. The number of oxazole rings is 1. The molecular weight excluding hydrogens is 226 g/mol. The predicted molar refractivity (Wildman–Crippen MR) is 72.8 cm³/mol. The van der Waals surface area contributed by atoms with E-state index in [1.54, 1.807) is 0 Å². The second-order valence-corrected chi connectivity index (χ2v) is 4.31. The molecule has 0 saturated carbocycles. The Hall–Kier alpha value is -2.10. The van der Waals surface area contributed by atoms with Gasteiger partial charge in [0.05, 0.1) is 5.52 Å². The Kier molecular flexibility index (Phi) is 2.63. The maximum Gasteiger partial charge on any atom is 0.192 e. The number of aryl methyl sites for hydroxylation is 1. The van der Waals surface area contributed by atoms with Crippen LogP contribution in [0.15, 0.2) is 28.7 Å². The van der Waals surface area contributed by atoms with Crippen molar-refractivity contribution < 1.29 is 4.42 Å². The number of hydrogen-bond acceptors (Lipinski definition) is 4. The summed E-state index contributed by atoms with van der Waals surface area (Å²) in [7, 11) is 0. The zero-order valence-electron chi connectivity index (χ0n) is 10.5. The first-order valence-electron chi connectivity index (χ1n) is 6.19. The van der Waals surface area contributed by atoms with Crippen molar-refractivity contribution in [3.8, 4) is 0 Å². The van der Waals surface area contributed by atoms with Gasteiger partial charge < -0.3 is 9.73 Å². The van der Waals surface area contributed by atoms with Crippen molar-refractivity contribution in [2.75, 3.05) is 11.9 Å². The van der Waals surface area contributed by atoms with Crippen molar-refractivity contribution in [1.29, 1.82) is 0 Å². The lowest BCUT2D eigenvalue weighted by atomic mass is 10.2. The molecule has 3 rings (SSSR count). The summed E-state index contributed by atoms with van der Waals surface area (Å²) >= 11 is 0. The highest BCUT2D eigenvalue weighted by Crippen LogP contribution is 2.29. The van der Waals surface area contributed by atoms with Crippen molar-refractivity contribution >= 4 is 27.8 Å². The van der Waals surface area contributed by atoms with Crippen molar-refractivity contribution in [2.24, 2.45) is 0 Å². The van der Waals surface area contributed by atoms with Gasteiger partial charge in [0.15, 0.2) is 22.8 Å². The van der Waals surface area contributed by atoms with Gasteiger partial charge in [-0.3, -0.25) is 0 Å². The highest BCUT2D eigenvalue weighted by atomic mass is 16.3. The number of anilines is 1. The fourth-order valence-corrected chi connectivity index (χ4v) is 2.07. The SMILES string of the molecule is CCCNc1nc2ccccc2c2oc(C)nc12. The highest BCUT2D eigenvalue weighted by molar-refractivity contribution is 6.05. The minimum atomic E-state index is 0.669. The van der Waals surface area contributed by atoms with Crippen LogP contribution in [-0.2, 0) is 0 Å². The Bertz CT molecular complexity index is 703. The molecule has 0 aliphatic heterocycles. The van der Waals surface area contributed by atoms with E-state index < -0.39 is 0 Å². The van der Waals surface area contributed by atoms with Crippen molar-refractivity contribution in [3.63, 3.8) is 0 Å². The van der Waals surface area contributed by atoms with E-state index in [-0.39, 0.29) is 0 Å². The van der Waals surface area contributed by atoms with Crippen LogP contribution in [0.25, 0.3) is 22.0 Å². The molecule has 0 fully saturated rings. The molecule has 1 aromatic carbocycles. The van der Waals surface area contributed by atoms with Gasteiger partial charge in [-0.25, -0.2) is 9.97 Å². The molecule has 2 heterocycles. The van der Waals surface area contributed by atoms with Gasteiger partial charge >= 0.3 is 0 Å². The van der Waals surface area contributed by atoms with Gasteiger partial charge in [0.1, 0.15) is 0 Å². The molecule has 0 aliphatic rings. The van der Waals surface area contributed by atoms with Crippen molar-refractivity contribution in [3.05, 3.63) is 30.2 Å². The Balaban J connectivity index is 2.31. The average Bonchev–Trinajstić information content (AvgIpc) is 2.78. The minimum Gasteiger partial charge on any atom is -0.440 e. The number of fused-ring (bicyclic) bond motifs is 3. The molecule has 0 unspecified atom stereocenters. The highest BCUT2D eigenvalue weighted by Gasteiger charge is 2.13. The van der Waals surface area contributed by atoms with Gasteiger partial charge in [0.2, 0.25) is 0 Å². The Morgan fingerprint density at radius 3 is 2.89 bits per heavy atom. The minimum absolute atomic E-state index is 0.669. The number of pyridine rings is 1. The number of nitrogens with one attached hydrogen (secondary N) is 1. The summed E-state index contributed by atoms with van der Waals surface area (Å²) in [5.41, 5.74) is 2.57. The summed E-state index contributed by atoms with van der Waals surface area (Å²) in [4.78, 5) is 9.05. The van der Waals surface area contributed by atoms with Gasteiger partial charge in [-0.1, -0.05) is 19.1 Å². The lowest BCUT2D eigenvalue weighted by Crippen LogP contribution is -2.02. The molecule has 3 aromatic rings. The fraction of sp³-hybridized carbons (Fsp3) is 0.286. The van der Waals surface area contributed by atoms with E-state index in [1.165, 1.54) is 0 Å². The van der Waals surface area contributed by atoms with Crippen LogP contribution < -0.4 is 5.32 Å². The van der Waals surface area contributed by atoms with E-state index in [9.17, 15) is 0 Å². The Morgan fingerprint density at radius 1 is 1.22 bits per heavy atom. The third-order valence-electron chi connectivity index (χ3n) is 2.88. The van der Waals surface area contributed by atoms with Gasteiger partial charge in [-0.05, 0) is 18.6 Å². The summed E-state index contributed by atoms with van der Waals surface area (Å²) < 4.78 is 5.71. The van der Waals surface area contributed by atoms with Gasteiger partial charge in [-0.15, -0.1) is 0 Å². The molecule has 1 N–H and O–H groups in total. The van der Waals surface area contributed by atoms with E-state index in [0.717, 1.165) is 40.8 Å². The summed E-state index contributed by atoms with van der Waals surface area (Å²) in [6, 6.07) is 7.97. The molecule has 0 bridgehead atoms. The summed E-state index contributed by atoms with van der Waals surface area (Å²) in [5, 5.41) is 4.32. The molecule has 2 aromatic heterocycles. The normalized spacial score (nSPS) is 11.2. The Labute approximate surface area is 105 Å². The van der Waals surface area contributed by atoms with Crippen LogP contribution in [0, 0.1) is 6.92 Å². The molecule has 0 amide bonds. The molecule has 0 radical (unpaired) electrons. The van der Waals surface area contributed by atoms with E-state index in [0.29, 0.717) is 5.89 Å². The first kappa shape index (κ1) is 11.0. The van der Waals surface area contributed by atoms with E-state index in [2.05, 4.69) is 22.2 Å². The monoisotopic (exact) mass is 241 g/mol. The van der Waals surface area contributed by atoms with E-state index in [4.69, 9.17) is 4.42 Å². The lowest BCUT2D eigenvalue weighted by Gasteiger charge is -2.06. The van der Waals surface area contributed by atoms with Crippen LogP contribution in [0.3, 0.4) is 0 Å². The molecule has 4 nitrogen and oxygen atoms in total. The maximum atomic E-state index is 5.71. The topological polar surface area (TPSA) is 51.0 Å². The number of nitrogens with zero attached hydrogens (tertiary/aromatic N) is 2. The van der Waals surface area contributed by atoms with Crippen LogP contribution in [0.4, 0.5) is 5.82 Å². The molecule has 0 aliphatic carbocycles. The molecule has 4 heteroatoms. The van der Waals surface area contributed by atoms with Gasteiger partial charge in [0, 0.05) is 18.9 Å². The van der Waals surface area contributed by atoms with Gasteiger partial charge in [0.25, 0.3) is 0 Å². The largest absolute Gasteiger partial charge is 0.440 e. The Morgan fingerprint density at radius 2 is 2.06 bits per heavy atom. The average molecular weight is 241 g/mol. The van der Waals surface area contributed by atoms with Gasteiger partial charge in [-0.2, -0.15) is 0 Å². The third-order valence-corrected chi connectivity index (χ3v) is 2.88. The summed E-state index contributed by atoms with van der Waals surface area (Å²) in [6.07, 6.45) is 1.05. The quantitative estimate of drug-likeness (QED) is 0.762. The zero-order chi connectivity index (χ0) is 12.5. The van der Waals surface area contributed by atoms with Crippen LogP contribution in [0.2, 0.25) is 0 Å². The van der Waals surface area contributed by atoms with Crippen LogP contribution in [-0.4, -0.2) is 16.5 Å². The maximum absolute atomic E-state index is 5.71. The van der Waals surface area contributed by atoms with Crippen molar-refractivity contribution in [2.45, 2.75) is 20.3 Å². The van der Waals surface area contributed by atoms with E-state index >= 15 is 0 Å². The van der Waals surface area contributed by atoms with Crippen LogP contribution in [0.5, 0.6) is 0 Å². The summed E-state index contributed by atoms with van der Waals surface area (Å²) in [5.74, 6) is 1.48. The standard InChI is InChI=1S/C14H15N3O/c1-3-8-15-14-12-13(18-9(2)16-12)10-6-4-5-7-11(10)17-14/h4-7H,3,8H2,1-2H3,(H,15,17). The van der Waals surface area contributed by atoms with Crippen LogP contribution >= 0.6 is 0 Å². The fourth-order valence-electron chi connectivity index (χ4n) is 2.07. The number of hydrogen-bond donors (Lipinski definition) is 1. The number of rotatable bonds is 3. The summed E-state index contributed by atoms with van der Waals surface area (Å²) in [6.45, 7) is 4.87.